The van der Waals surface area contributed by atoms with Crippen molar-refractivity contribution in [2.24, 2.45) is 5.73 Å². The molecule has 4 N–H and O–H groups in total. The number of anilines is 1. The van der Waals surface area contributed by atoms with Gasteiger partial charge in [0.25, 0.3) is 0 Å². The van der Waals surface area contributed by atoms with Crippen molar-refractivity contribution in [2.75, 3.05) is 50.7 Å². The SMILES string of the molecule is N=C(N)c1ccc(N2CCN(C3CCN(CC(=O)O)CC3)CC2)cc1.[Cl-].[Cl-].[Cl-]. The number of nitrogens with zero attached hydrogens (tertiary/aromatic N) is 3. The molecule has 0 amide bonds. The van der Waals surface area contributed by atoms with Crippen LogP contribution in [0.2, 0.25) is 0 Å². The summed E-state index contributed by atoms with van der Waals surface area (Å²) < 4.78 is 0. The predicted octanol–water partition coefficient (Wildman–Crippen LogP) is -8.35. The lowest BCUT2D eigenvalue weighted by molar-refractivity contribution is -0.138. The first-order valence-corrected chi connectivity index (χ1v) is 8.90. The summed E-state index contributed by atoms with van der Waals surface area (Å²) >= 11 is 0. The molecular weight excluding hydrogens is 425 g/mol. The lowest BCUT2D eigenvalue weighted by Gasteiger charge is -2.43. The first kappa shape index (κ1) is 26.8. The van der Waals surface area contributed by atoms with Crippen LogP contribution in [0.1, 0.15) is 18.4 Å². The molecular formula is C18H27Cl3N5O2-3. The minimum Gasteiger partial charge on any atom is -1.00 e. The number of nitrogens with two attached hydrogens (primary N) is 1. The van der Waals surface area contributed by atoms with Gasteiger partial charge in [-0.25, -0.2) is 0 Å². The van der Waals surface area contributed by atoms with Crippen molar-refractivity contribution in [3.05, 3.63) is 29.8 Å². The maximum Gasteiger partial charge on any atom is 0.317 e. The fourth-order valence-corrected chi connectivity index (χ4v) is 3.83. The molecule has 2 fully saturated rings. The maximum absolute atomic E-state index is 10.8. The van der Waals surface area contributed by atoms with Crippen molar-refractivity contribution < 1.29 is 47.1 Å². The Morgan fingerprint density at radius 1 is 1.00 bits per heavy atom. The third-order valence-corrected chi connectivity index (χ3v) is 5.29. The lowest BCUT2D eigenvalue weighted by Crippen LogP contribution is -3.00. The van der Waals surface area contributed by atoms with Gasteiger partial charge >= 0.3 is 5.97 Å². The number of nitrogens with one attached hydrogen (secondary N) is 1. The molecule has 2 aliphatic rings. The molecule has 0 unspecified atom stereocenters. The van der Waals surface area contributed by atoms with Crippen LogP contribution < -0.4 is 47.9 Å². The highest BCUT2D eigenvalue weighted by molar-refractivity contribution is 5.95. The molecule has 10 heteroatoms. The van der Waals surface area contributed by atoms with Crippen LogP contribution in [0.25, 0.3) is 0 Å². The number of carbonyl (C=O) groups is 1. The summed E-state index contributed by atoms with van der Waals surface area (Å²) in [5.41, 5.74) is 7.45. The zero-order valence-corrected chi connectivity index (χ0v) is 17.9. The number of benzene rings is 1. The zero-order chi connectivity index (χ0) is 17.8. The number of rotatable bonds is 5. The number of piperazine rings is 1. The predicted molar refractivity (Wildman–Crippen MR) is 98.3 cm³/mol. The molecule has 3 rings (SSSR count). The molecule has 0 bridgehead atoms. The lowest BCUT2D eigenvalue weighted by atomic mass is 10.0. The van der Waals surface area contributed by atoms with Crippen molar-refractivity contribution in [3.63, 3.8) is 0 Å². The Kier molecular flexibility index (Phi) is 11.8. The van der Waals surface area contributed by atoms with Crippen molar-refractivity contribution in [3.8, 4) is 0 Å². The highest BCUT2D eigenvalue weighted by atomic mass is 35.5. The second-order valence-electron chi connectivity index (χ2n) is 6.88. The summed E-state index contributed by atoms with van der Waals surface area (Å²) in [6, 6.07) is 8.46. The Hall–Kier alpha value is -1.25. The molecule has 2 heterocycles. The zero-order valence-electron chi connectivity index (χ0n) is 15.7. The molecule has 0 aromatic heterocycles. The van der Waals surface area contributed by atoms with Gasteiger partial charge in [0.05, 0.1) is 6.54 Å². The van der Waals surface area contributed by atoms with Gasteiger partial charge in [-0.15, -0.1) is 0 Å². The third-order valence-electron chi connectivity index (χ3n) is 5.29. The number of hydrogen-bond donors (Lipinski definition) is 3. The van der Waals surface area contributed by atoms with Crippen molar-refractivity contribution in [1.82, 2.24) is 9.80 Å². The van der Waals surface area contributed by atoms with E-state index in [1.165, 1.54) is 5.69 Å². The van der Waals surface area contributed by atoms with E-state index in [4.69, 9.17) is 16.2 Å². The average molecular weight is 452 g/mol. The molecule has 1 aromatic carbocycles. The van der Waals surface area contributed by atoms with Gasteiger partial charge in [-0.3, -0.25) is 20.0 Å². The van der Waals surface area contributed by atoms with E-state index in [-0.39, 0.29) is 49.6 Å². The van der Waals surface area contributed by atoms with Gasteiger partial charge < -0.3 is 53.0 Å². The van der Waals surface area contributed by atoms with E-state index >= 15 is 0 Å². The van der Waals surface area contributed by atoms with Crippen LogP contribution in [-0.4, -0.2) is 78.6 Å². The van der Waals surface area contributed by atoms with Crippen molar-refractivity contribution in [2.45, 2.75) is 18.9 Å². The van der Waals surface area contributed by atoms with E-state index in [0.717, 1.165) is 57.7 Å². The Labute approximate surface area is 185 Å². The van der Waals surface area contributed by atoms with Crippen LogP contribution >= 0.6 is 0 Å². The minimum atomic E-state index is -0.733. The molecule has 0 spiro atoms. The first-order chi connectivity index (χ1) is 12.0. The fourth-order valence-electron chi connectivity index (χ4n) is 3.83. The Morgan fingerprint density at radius 3 is 2.00 bits per heavy atom. The Bertz CT molecular complexity index is 616. The van der Waals surface area contributed by atoms with Crippen LogP contribution in [0.5, 0.6) is 0 Å². The number of carboxylic acid groups (broad SMARTS) is 1. The number of aliphatic carboxylic acids is 1. The van der Waals surface area contributed by atoms with E-state index in [1.54, 1.807) is 0 Å². The normalized spacial score (nSPS) is 18.4. The van der Waals surface area contributed by atoms with Crippen LogP contribution in [0, 0.1) is 5.41 Å². The van der Waals surface area contributed by atoms with E-state index in [1.807, 2.05) is 29.2 Å². The molecule has 0 atom stereocenters. The van der Waals surface area contributed by atoms with Crippen molar-refractivity contribution >= 4 is 17.5 Å². The molecule has 0 saturated carbocycles. The topological polar surface area (TPSA) is 96.9 Å². The highest BCUT2D eigenvalue weighted by Gasteiger charge is 2.28. The second kappa shape index (κ2) is 12.3. The van der Waals surface area contributed by atoms with E-state index < -0.39 is 5.97 Å². The number of amidine groups is 1. The third kappa shape index (κ3) is 6.97. The number of nitrogen functional groups attached to an aromatic ring is 1. The number of piperidine rings is 1. The molecule has 160 valence electrons. The summed E-state index contributed by atoms with van der Waals surface area (Å²) in [6.45, 7) is 5.99. The second-order valence-corrected chi connectivity index (χ2v) is 6.88. The largest absolute Gasteiger partial charge is 1.00 e. The van der Waals surface area contributed by atoms with Gasteiger partial charge in [-0.1, -0.05) is 0 Å². The summed E-state index contributed by atoms with van der Waals surface area (Å²) in [7, 11) is 0. The number of likely N-dealkylation sites (tertiary alicyclic amines) is 1. The summed E-state index contributed by atoms with van der Waals surface area (Å²) in [5.74, 6) is -0.631. The average Bonchev–Trinajstić information content (AvgIpc) is 2.62. The standard InChI is InChI=1S/C18H27N5O2.3ClH/c19-18(20)14-1-3-15(4-2-14)22-9-11-23(12-10-22)16-5-7-21(8-6-16)13-17(24)25;;;/h1-4,16H,5-13H2,(H3,19,20)(H,24,25);3*1H/p-3. The van der Waals surface area contributed by atoms with E-state index in [0.29, 0.717) is 6.04 Å². The fraction of sp³-hybridized carbons (Fsp3) is 0.556. The van der Waals surface area contributed by atoms with Crippen LogP contribution in [0.4, 0.5) is 5.69 Å². The molecule has 2 aliphatic heterocycles. The summed E-state index contributed by atoms with van der Waals surface area (Å²) in [4.78, 5) is 17.8. The summed E-state index contributed by atoms with van der Waals surface area (Å²) in [6.07, 6.45) is 2.11. The molecule has 7 nitrogen and oxygen atoms in total. The smallest absolute Gasteiger partial charge is 0.317 e. The van der Waals surface area contributed by atoms with E-state index in [2.05, 4.69) is 9.80 Å². The molecule has 0 radical (unpaired) electrons. The van der Waals surface area contributed by atoms with Gasteiger partial charge in [0.15, 0.2) is 0 Å². The van der Waals surface area contributed by atoms with Gasteiger partial charge in [0.1, 0.15) is 5.84 Å². The molecule has 2 saturated heterocycles. The number of halogens is 3. The molecule has 0 aliphatic carbocycles. The number of carboxylic acids is 1. The monoisotopic (exact) mass is 450 g/mol. The van der Waals surface area contributed by atoms with Gasteiger partial charge in [-0.2, -0.15) is 0 Å². The van der Waals surface area contributed by atoms with Crippen molar-refractivity contribution in [1.29, 1.82) is 5.41 Å². The quantitative estimate of drug-likeness (QED) is 0.304. The van der Waals surface area contributed by atoms with Crippen LogP contribution in [-0.2, 0) is 4.79 Å². The minimum absolute atomic E-state index is 0. The molecule has 28 heavy (non-hydrogen) atoms. The van der Waals surface area contributed by atoms with E-state index in [9.17, 15) is 4.79 Å². The Balaban J connectivity index is 0.00000243. The van der Waals surface area contributed by atoms with Crippen LogP contribution in [0.3, 0.4) is 0 Å². The van der Waals surface area contributed by atoms with Gasteiger partial charge in [0.2, 0.25) is 0 Å². The van der Waals surface area contributed by atoms with Gasteiger partial charge in [-0.05, 0) is 37.1 Å². The molecule has 1 aromatic rings. The van der Waals surface area contributed by atoms with Gasteiger partial charge in [0, 0.05) is 56.6 Å². The highest BCUT2D eigenvalue weighted by Crippen LogP contribution is 2.21. The number of hydrogen-bond acceptors (Lipinski definition) is 5. The Morgan fingerprint density at radius 2 is 1.54 bits per heavy atom. The summed E-state index contributed by atoms with van der Waals surface area (Å²) in [5, 5.41) is 16.4. The maximum atomic E-state index is 10.8. The van der Waals surface area contributed by atoms with Crippen LogP contribution in [0.15, 0.2) is 24.3 Å². The first-order valence-electron chi connectivity index (χ1n) is 8.90.